The summed E-state index contributed by atoms with van der Waals surface area (Å²) in [5.74, 6) is -0.527. The zero-order chi connectivity index (χ0) is 21.6. The smallest absolute Gasteiger partial charge is 0.259 e. The summed E-state index contributed by atoms with van der Waals surface area (Å²) in [7, 11) is 0. The van der Waals surface area contributed by atoms with Gasteiger partial charge in [-0.05, 0) is 42.0 Å². The van der Waals surface area contributed by atoms with Gasteiger partial charge in [-0.25, -0.2) is 0 Å². The van der Waals surface area contributed by atoms with Gasteiger partial charge in [0.15, 0.2) is 0 Å². The second kappa shape index (κ2) is 10.2. The van der Waals surface area contributed by atoms with Gasteiger partial charge in [0.2, 0.25) is 0 Å². The molecule has 162 valence electrons. The molecule has 2 amide bonds. The number of unbranched alkanes of at least 4 members (excludes halogenated alkanes) is 6. The van der Waals surface area contributed by atoms with Crippen molar-refractivity contribution in [2.24, 2.45) is 11.5 Å². The Labute approximate surface area is 179 Å². The first-order valence-electron chi connectivity index (χ1n) is 11.4. The average Bonchev–Trinajstić information content (AvgIpc) is 3.01. The third-order valence-corrected chi connectivity index (χ3v) is 6.12. The summed E-state index contributed by atoms with van der Waals surface area (Å²) in [4.78, 5) is 24.6. The highest BCUT2D eigenvalue weighted by Gasteiger charge is 2.31. The molecule has 0 fully saturated rings. The maximum absolute atomic E-state index is 12.3. The monoisotopic (exact) mass is 409 g/mol. The minimum absolute atomic E-state index is 0.255. The largest absolute Gasteiger partial charge is 0.313 e. The molecule has 1 heterocycles. The number of nitrogens with one attached hydrogen (secondary N) is 1. The van der Waals surface area contributed by atoms with E-state index < -0.39 is 5.66 Å². The molecule has 0 bridgehead atoms. The van der Waals surface area contributed by atoms with E-state index >= 15 is 0 Å². The van der Waals surface area contributed by atoms with Crippen molar-refractivity contribution < 1.29 is 9.59 Å². The lowest BCUT2D eigenvalue weighted by Crippen LogP contribution is -2.48. The second-order valence-corrected chi connectivity index (χ2v) is 8.75. The van der Waals surface area contributed by atoms with Crippen LogP contribution >= 0.6 is 0 Å². The Kier molecular flexibility index (Phi) is 7.62. The van der Waals surface area contributed by atoms with Crippen LogP contribution in [-0.4, -0.2) is 17.5 Å². The normalized spacial score (nSPS) is 13.7. The van der Waals surface area contributed by atoms with E-state index in [0.717, 1.165) is 61.3 Å². The molecule has 0 spiro atoms. The van der Waals surface area contributed by atoms with E-state index in [-0.39, 0.29) is 11.8 Å². The van der Waals surface area contributed by atoms with Crippen LogP contribution in [0.15, 0.2) is 30.3 Å². The highest BCUT2D eigenvalue weighted by Crippen LogP contribution is 2.30. The van der Waals surface area contributed by atoms with Crippen molar-refractivity contribution in [2.45, 2.75) is 83.2 Å². The third kappa shape index (κ3) is 5.46. The van der Waals surface area contributed by atoms with Gasteiger partial charge in [-0.2, -0.15) is 0 Å². The van der Waals surface area contributed by atoms with Crippen molar-refractivity contribution in [1.82, 2.24) is 5.32 Å². The molecule has 5 N–H and O–H groups in total. The van der Waals surface area contributed by atoms with E-state index in [1.165, 1.54) is 25.7 Å². The fraction of sp³-hybridized carbons (Fsp3) is 0.520. The van der Waals surface area contributed by atoms with E-state index in [4.69, 9.17) is 11.5 Å². The number of aryl methyl sites for hydroxylation is 1. The molecule has 0 radical (unpaired) electrons. The van der Waals surface area contributed by atoms with Crippen molar-refractivity contribution >= 4 is 22.6 Å². The number of carbonyl (C=O) groups excluding carboxylic acids is 2. The number of fused-ring (bicyclic) bond motifs is 3. The molecule has 30 heavy (non-hydrogen) atoms. The molecular formula is C25H35N3O2. The first-order chi connectivity index (χ1) is 14.4. The summed E-state index contributed by atoms with van der Waals surface area (Å²) in [5, 5.41) is 4.35. The average molecular weight is 410 g/mol. The van der Waals surface area contributed by atoms with Crippen LogP contribution in [0.5, 0.6) is 0 Å². The van der Waals surface area contributed by atoms with Gasteiger partial charge in [0.1, 0.15) is 0 Å². The van der Waals surface area contributed by atoms with Crippen molar-refractivity contribution in [3.05, 3.63) is 47.0 Å². The molecule has 0 aliphatic carbocycles. The van der Waals surface area contributed by atoms with Crippen molar-refractivity contribution in [1.29, 1.82) is 0 Å². The van der Waals surface area contributed by atoms with E-state index in [2.05, 4.69) is 18.3 Å². The van der Waals surface area contributed by atoms with Crippen molar-refractivity contribution in [2.75, 3.05) is 0 Å². The molecule has 2 aromatic rings. The van der Waals surface area contributed by atoms with Crippen molar-refractivity contribution in [3.8, 4) is 0 Å². The molecule has 0 saturated heterocycles. The van der Waals surface area contributed by atoms with E-state index in [1.54, 1.807) is 0 Å². The Morgan fingerprint density at radius 3 is 2.20 bits per heavy atom. The zero-order valence-electron chi connectivity index (χ0n) is 18.1. The van der Waals surface area contributed by atoms with Crippen LogP contribution < -0.4 is 16.8 Å². The molecule has 0 atom stereocenters. The van der Waals surface area contributed by atoms with Crippen LogP contribution in [0.3, 0.4) is 0 Å². The molecule has 2 aromatic carbocycles. The highest BCUT2D eigenvalue weighted by molar-refractivity contribution is 6.27. The van der Waals surface area contributed by atoms with Gasteiger partial charge >= 0.3 is 0 Å². The Morgan fingerprint density at radius 2 is 1.47 bits per heavy atom. The molecule has 5 heteroatoms. The lowest BCUT2D eigenvalue weighted by atomic mass is 9.92. The number of imide groups is 1. The van der Waals surface area contributed by atoms with Crippen LogP contribution in [0.4, 0.5) is 0 Å². The molecular weight excluding hydrogens is 374 g/mol. The molecule has 0 saturated carbocycles. The van der Waals surface area contributed by atoms with Crippen LogP contribution in [0, 0.1) is 0 Å². The number of benzene rings is 2. The minimum atomic E-state index is -0.497. The number of rotatable bonds is 12. The number of nitrogens with two attached hydrogens (primary N) is 2. The third-order valence-electron chi connectivity index (χ3n) is 6.12. The maximum Gasteiger partial charge on any atom is 0.259 e. The standard InChI is InChI=1S/C25H35N3O2/c1-2-15-25(26,27)16-11-7-5-3-4-6-8-13-19-17-18-12-9-10-14-20(18)22-21(19)23(29)28-24(22)30/h9-10,12,14,17H,2-8,11,13,15-16,26-27H2,1H3,(H,28,29,30). The summed E-state index contributed by atoms with van der Waals surface area (Å²) >= 11 is 0. The van der Waals surface area contributed by atoms with Crippen LogP contribution in [0.25, 0.3) is 10.8 Å². The van der Waals surface area contributed by atoms with Crippen molar-refractivity contribution in [3.63, 3.8) is 0 Å². The van der Waals surface area contributed by atoms with Crippen LogP contribution in [-0.2, 0) is 6.42 Å². The lowest BCUT2D eigenvalue weighted by molar-refractivity contribution is 0.0880. The molecule has 1 aliphatic rings. The Bertz CT molecular complexity index is 905. The quantitative estimate of drug-likeness (QED) is 0.266. The summed E-state index contributed by atoms with van der Waals surface area (Å²) in [5.41, 5.74) is 13.8. The SMILES string of the molecule is CCCC(N)(N)CCCCCCCCCc1cc2ccccc2c2c1C(=O)NC2=O. The predicted octanol–water partition coefficient (Wildman–Crippen LogP) is 4.80. The van der Waals surface area contributed by atoms with E-state index in [1.807, 2.05) is 24.3 Å². The highest BCUT2D eigenvalue weighted by atomic mass is 16.2. The summed E-state index contributed by atoms with van der Waals surface area (Å²) in [6.45, 7) is 2.12. The predicted molar refractivity (Wildman–Crippen MR) is 122 cm³/mol. The van der Waals surface area contributed by atoms with Gasteiger partial charge in [-0.3, -0.25) is 14.9 Å². The summed E-state index contributed by atoms with van der Waals surface area (Å²) in [6.07, 6.45) is 11.7. The second-order valence-electron chi connectivity index (χ2n) is 8.75. The van der Waals surface area contributed by atoms with Gasteiger partial charge < -0.3 is 11.5 Å². The number of amides is 2. The van der Waals surface area contributed by atoms with Crippen LogP contribution in [0.2, 0.25) is 0 Å². The Balaban J connectivity index is 1.45. The minimum Gasteiger partial charge on any atom is -0.313 e. The number of hydrogen-bond donors (Lipinski definition) is 3. The number of carbonyl (C=O) groups is 2. The van der Waals surface area contributed by atoms with E-state index in [9.17, 15) is 9.59 Å². The van der Waals surface area contributed by atoms with Gasteiger partial charge in [-0.1, -0.05) is 82.2 Å². The zero-order valence-corrected chi connectivity index (χ0v) is 18.1. The fourth-order valence-electron chi connectivity index (χ4n) is 4.57. The number of hydrogen-bond acceptors (Lipinski definition) is 4. The molecule has 0 aromatic heterocycles. The molecule has 0 unspecified atom stereocenters. The summed E-state index contributed by atoms with van der Waals surface area (Å²) in [6, 6.07) is 9.87. The Morgan fingerprint density at radius 1 is 0.833 bits per heavy atom. The maximum atomic E-state index is 12.3. The van der Waals surface area contributed by atoms with Gasteiger partial charge in [0.05, 0.1) is 16.8 Å². The lowest BCUT2D eigenvalue weighted by Gasteiger charge is -2.23. The fourth-order valence-corrected chi connectivity index (χ4v) is 4.57. The molecule has 1 aliphatic heterocycles. The molecule has 3 rings (SSSR count). The van der Waals surface area contributed by atoms with Gasteiger partial charge in [0, 0.05) is 0 Å². The van der Waals surface area contributed by atoms with Crippen LogP contribution in [0.1, 0.15) is 97.4 Å². The van der Waals surface area contributed by atoms with E-state index in [0.29, 0.717) is 11.1 Å². The Hall–Kier alpha value is -2.24. The topological polar surface area (TPSA) is 98.2 Å². The first-order valence-corrected chi connectivity index (χ1v) is 11.4. The molecule has 5 nitrogen and oxygen atoms in total. The van der Waals surface area contributed by atoms with Gasteiger partial charge in [0.25, 0.3) is 11.8 Å². The van der Waals surface area contributed by atoms with Gasteiger partial charge in [-0.15, -0.1) is 0 Å². The first kappa shape index (κ1) is 22.4. The summed E-state index contributed by atoms with van der Waals surface area (Å²) < 4.78 is 0.